The van der Waals surface area contributed by atoms with Crippen LogP contribution in [0.4, 0.5) is 0 Å². The van der Waals surface area contributed by atoms with Gasteiger partial charge in [0.2, 0.25) is 41.4 Å². The zero-order valence-electron chi connectivity index (χ0n) is 57.6. The number of hydrogen-bond donors (Lipinski definition) is 7. The third kappa shape index (κ3) is 37.9. The number of carbonyl (C=O) groups excluding carboxylic acids is 14. The molecule has 3 rings (SSSR count). The standard InChI is InChI=1S/C65H99N7O27/c1-40(73)70-58-62(96-46(7)79)60(94-44(5)77)50(38-91-42(3)75)98-64(58)89-31-14-12-21-52(81)66-27-17-29-68-54(83)25-33-87-36-49(72-56(85)23-16-24-57(86)93-35-48-19-10-9-11-20-48)37-88-34-26-55(84)69-30-18-28-67-53(82)22-13-15-32-90-65-59(71-41(2)74)63(97-47(8)80)61(95-45(6)78)51(99-65)39-92-43(4)76/h9-11,19-20,49-51,58-65H,12-18,21-39H2,1-8H3,(H,66,81)(H,67,82)(H,68,83)(H,69,84)(H,70,73)(H,71,74)(H,72,85). The first-order valence-corrected chi connectivity index (χ1v) is 33.0. The molecule has 7 N–H and O–H groups in total. The van der Waals surface area contributed by atoms with Crippen molar-refractivity contribution in [2.45, 2.75) is 213 Å². The van der Waals surface area contributed by atoms with Gasteiger partial charge >= 0.3 is 41.8 Å². The van der Waals surface area contributed by atoms with Crippen LogP contribution in [0, 0.1) is 0 Å². The second-order valence-electron chi connectivity index (χ2n) is 23.1. The topological polar surface area (TPSA) is 443 Å². The van der Waals surface area contributed by atoms with E-state index in [2.05, 4.69) is 37.2 Å². The first-order valence-electron chi connectivity index (χ1n) is 33.0. The Labute approximate surface area is 575 Å². The van der Waals surface area contributed by atoms with Crippen LogP contribution in [-0.2, 0) is 135 Å². The molecule has 7 amide bonds. The Morgan fingerprint density at radius 2 is 0.788 bits per heavy atom. The highest BCUT2D eigenvalue weighted by molar-refractivity contribution is 5.79. The number of benzene rings is 1. The number of rotatable bonds is 47. The number of carbonyl (C=O) groups is 14. The van der Waals surface area contributed by atoms with Crippen LogP contribution in [-0.4, -0.2) is 229 Å². The van der Waals surface area contributed by atoms with Crippen molar-refractivity contribution in [2.75, 3.05) is 79.0 Å². The molecular weight excluding hydrogens is 1310 g/mol. The lowest BCUT2D eigenvalue weighted by Crippen LogP contribution is -2.66. The summed E-state index contributed by atoms with van der Waals surface area (Å²) in [4.78, 5) is 172. The van der Waals surface area contributed by atoms with Crippen molar-refractivity contribution in [3.63, 3.8) is 0 Å². The van der Waals surface area contributed by atoms with Gasteiger partial charge in [-0.3, -0.25) is 67.1 Å². The van der Waals surface area contributed by atoms with Gasteiger partial charge in [0.1, 0.15) is 44.1 Å². The van der Waals surface area contributed by atoms with Gasteiger partial charge in [-0.15, -0.1) is 0 Å². The van der Waals surface area contributed by atoms with Gasteiger partial charge in [0.15, 0.2) is 37.0 Å². The van der Waals surface area contributed by atoms with Gasteiger partial charge in [0.25, 0.3) is 0 Å². The molecule has 0 saturated carbocycles. The minimum atomic E-state index is -1.28. The maximum atomic E-state index is 13.0. The minimum absolute atomic E-state index is 0.00346. The van der Waals surface area contributed by atoms with Crippen molar-refractivity contribution in [1.29, 1.82) is 0 Å². The summed E-state index contributed by atoms with van der Waals surface area (Å²) in [5.41, 5.74) is 0.821. The number of amides is 7. The Morgan fingerprint density at radius 1 is 0.404 bits per heavy atom. The van der Waals surface area contributed by atoms with Crippen LogP contribution in [0.15, 0.2) is 30.3 Å². The molecule has 0 aliphatic carbocycles. The first-order chi connectivity index (χ1) is 47.2. The van der Waals surface area contributed by atoms with Gasteiger partial charge < -0.3 is 98.8 Å². The monoisotopic (exact) mass is 1410 g/mol. The molecule has 2 aliphatic heterocycles. The van der Waals surface area contributed by atoms with Gasteiger partial charge in [0, 0.05) is 133 Å². The minimum Gasteiger partial charge on any atom is -0.463 e. The maximum Gasteiger partial charge on any atom is 0.306 e. The number of ether oxygens (including phenoxy) is 13. The van der Waals surface area contributed by atoms with E-state index in [9.17, 15) is 67.1 Å². The van der Waals surface area contributed by atoms with Gasteiger partial charge in [-0.05, 0) is 50.5 Å². The van der Waals surface area contributed by atoms with Crippen molar-refractivity contribution >= 4 is 83.1 Å². The number of hydrogen-bond acceptors (Lipinski definition) is 27. The molecule has 2 aliphatic rings. The zero-order valence-corrected chi connectivity index (χ0v) is 57.6. The fourth-order valence-electron chi connectivity index (χ4n) is 9.90. The van der Waals surface area contributed by atoms with Crippen LogP contribution >= 0.6 is 0 Å². The van der Waals surface area contributed by atoms with Gasteiger partial charge in [-0.25, -0.2) is 0 Å². The fourth-order valence-corrected chi connectivity index (χ4v) is 9.90. The smallest absolute Gasteiger partial charge is 0.306 e. The molecule has 10 atom stereocenters. The van der Waals surface area contributed by atoms with Crippen LogP contribution < -0.4 is 37.2 Å². The summed E-state index contributed by atoms with van der Waals surface area (Å²) in [5.74, 6) is -7.37. The van der Waals surface area contributed by atoms with Crippen molar-refractivity contribution in [3.8, 4) is 0 Å². The molecule has 0 aromatic heterocycles. The predicted molar refractivity (Wildman–Crippen MR) is 342 cm³/mol. The van der Waals surface area contributed by atoms with Crippen LogP contribution in [0.2, 0.25) is 0 Å². The van der Waals surface area contributed by atoms with E-state index in [1.807, 2.05) is 30.3 Å². The zero-order chi connectivity index (χ0) is 73.1. The summed E-state index contributed by atoms with van der Waals surface area (Å²) < 4.78 is 72.6. The van der Waals surface area contributed by atoms with Crippen molar-refractivity contribution in [1.82, 2.24) is 37.2 Å². The third-order valence-corrected chi connectivity index (χ3v) is 14.3. The highest BCUT2D eigenvalue weighted by Crippen LogP contribution is 2.30. The van der Waals surface area contributed by atoms with Crippen LogP contribution in [0.5, 0.6) is 0 Å². The average molecular weight is 1410 g/mol. The quantitative estimate of drug-likeness (QED) is 0.0259. The second kappa shape index (κ2) is 48.3. The normalized spacial score (nSPS) is 20.4. The first kappa shape index (κ1) is 84.8. The van der Waals surface area contributed by atoms with E-state index in [0.717, 1.165) is 33.3 Å². The van der Waals surface area contributed by atoms with E-state index < -0.39 is 127 Å². The highest BCUT2D eigenvalue weighted by Gasteiger charge is 2.53. The molecule has 0 radical (unpaired) electrons. The van der Waals surface area contributed by atoms with Gasteiger partial charge in [0.05, 0.1) is 32.5 Å². The molecule has 2 fully saturated rings. The summed E-state index contributed by atoms with van der Waals surface area (Å²) in [5, 5.41) is 19.2. The molecule has 1 aromatic rings. The lowest BCUT2D eigenvalue weighted by atomic mass is 9.96. The van der Waals surface area contributed by atoms with E-state index in [1.54, 1.807) is 0 Å². The third-order valence-electron chi connectivity index (χ3n) is 14.3. The summed E-state index contributed by atoms with van der Waals surface area (Å²) in [6.07, 6.45) is -7.16. The summed E-state index contributed by atoms with van der Waals surface area (Å²) in [6, 6.07) is 6.18. The summed E-state index contributed by atoms with van der Waals surface area (Å²) in [6.45, 7) is 9.52. The molecule has 2 heterocycles. The Kier molecular flexibility index (Phi) is 41.4. The van der Waals surface area contributed by atoms with Gasteiger partial charge in [-0.2, -0.15) is 0 Å². The van der Waals surface area contributed by atoms with E-state index in [4.69, 9.17) is 61.6 Å². The summed E-state index contributed by atoms with van der Waals surface area (Å²) >= 11 is 0. The van der Waals surface area contributed by atoms with Crippen molar-refractivity contribution < 1.29 is 129 Å². The largest absolute Gasteiger partial charge is 0.463 e. The fraction of sp³-hybridized carbons (Fsp3) is 0.692. The molecule has 2 saturated heterocycles. The Balaban J connectivity index is 1.37. The van der Waals surface area contributed by atoms with E-state index >= 15 is 0 Å². The van der Waals surface area contributed by atoms with Crippen LogP contribution in [0.25, 0.3) is 0 Å². The lowest BCUT2D eigenvalue weighted by molar-refractivity contribution is -0.277. The highest BCUT2D eigenvalue weighted by atomic mass is 16.7. The molecule has 0 bridgehead atoms. The van der Waals surface area contributed by atoms with Crippen molar-refractivity contribution in [3.05, 3.63) is 35.9 Å². The number of esters is 7. The Hall–Kier alpha value is -8.44. The van der Waals surface area contributed by atoms with Crippen LogP contribution in [0.3, 0.4) is 0 Å². The molecule has 1 aromatic carbocycles. The number of unbranched alkanes of at least 4 members (excludes halogenated alkanes) is 2. The van der Waals surface area contributed by atoms with E-state index in [0.29, 0.717) is 38.5 Å². The molecule has 556 valence electrons. The lowest BCUT2D eigenvalue weighted by Gasteiger charge is -2.44. The number of nitrogens with one attached hydrogen (secondary N) is 7. The Bertz CT molecular complexity index is 2620. The molecular formula is C65H99N7O27. The summed E-state index contributed by atoms with van der Waals surface area (Å²) in [7, 11) is 0. The molecule has 34 nitrogen and oxygen atoms in total. The molecule has 0 spiro atoms. The Morgan fingerprint density at radius 3 is 1.17 bits per heavy atom. The molecule has 34 heteroatoms. The predicted octanol–water partition coefficient (Wildman–Crippen LogP) is 0.129. The SMILES string of the molecule is CC(=O)NC1C(OCCCCC(=O)NCCCNC(=O)CCOCC(COCCC(=O)NCCCNC(=O)CCCCOC2OC(COC(C)=O)C(OC(C)=O)C(OC(C)=O)C2NC(C)=O)NC(=O)CCCC(=O)OCc2ccccc2)OC(COC(C)=O)C(OC(C)=O)C1OC(C)=O. The van der Waals surface area contributed by atoms with Crippen molar-refractivity contribution in [2.24, 2.45) is 0 Å². The van der Waals surface area contributed by atoms with Gasteiger partial charge in [-0.1, -0.05) is 30.3 Å². The van der Waals surface area contributed by atoms with E-state index in [1.165, 1.54) is 27.7 Å². The molecule has 99 heavy (non-hydrogen) atoms. The second-order valence-corrected chi connectivity index (χ2v) is 23.1. The molecule has 10 unspecified atom stereocenters. The van der Waals surface area contributed by atoms with Crippen LogP contribution in [0.1, 0.15) is 144 Å². The van der Waals surface area contributed by atoms with E-state index in [-0.39, 0.29) is 154 Å². The maximum absolute atomic E-state index is 13.0. The average Bonchev–Trinajstić information content (AvgIpc) is 0.799.